The molecule has 9 nitrogen and oxygen atoms in total. The Bertz CT molecular complexity index is 1280. The first-order valence-corrected chi connectivity index (χ1v) is 10.4. The maximum absolute atomic E-state index is 12.8. The van der Waals surface area contributed by atoms with Gasteiger partial charge in [-0.25, -0.2) is 4.79 Å². The number of nitrogens with zero attached hydrogens (tertiary/aromatic N) is 2. The van der Waals surface area contributed by atoms with E-state index < -0.39 is 28.3 Å². The third kappa shape index (κ3) is 6.72. The number of nitro groups is 1. The van der Waals surface area contributed by atoms with Gasteiger partial charge < -0.3 is 14.6 Å². The van der Waals surface area contributed by atoms with Crippen molar-refractivity contribution in [3.63, 3.8) is 0 Å². The Labute approximate surface area is 202 Å². The molecule has 0 unspecified atom stereocenters. The first kappa shape index (κ1) is 26.0. The SMILES string of the molecule is CCOc1cc(/C=N\Nc2ccc(C(F)(F)F)cc2[N+](=O)[O-])ccc1OCc1ccc(C(=O)O)cc1. The van der Waals surface area contributed by atoms with Crippen molar-refractivity contribution in [3.05, 3.63) is 93.0 Å². The molecule has 0 heterocycles. The van der Waals surface area contributed by atoms with Gasteiger partial charge in [-0.2, -0.15) is 18.3 Å². The van der Waals surface area contributed by atoms with Crippen molar-refractivity contribution in [2.24, 2.45) is 5.10 Å². The van der Waals surface area contributed by atoms with Gasteiger partial charge in [-0.05, 0) is 60.5 Å². The first-order valence-electron chi connectivity index (χ1n) is 10.4. The zero-order valence-electron chi connectivity index (χ0n) is 18.8. The molecule has 0 aliphatic heterocycles. The molecule has 36 heavy (non-hydrogen) atoms. The minimum atomic E-state index is -4.71. The molecular formula is C24H20F3N3O6. The number of anilines is 1. The second-order valence-electron chi connectivity index (χ2n) is 7.29. The second-order valence-corrected chi connectivity index (χ2v) is 7.29. The molecule has 0 aromatic heterocycles. The molecule has 0 atom stereocenters. The van der Waals surface area contributed by atoms with Gasteiger partial charge in [0.1, 0.15) is 12.3 Å². The van der Waals surface area contributed by atoms with Gasteiger partial charge in [-0.1, -0.05) is 12.1 Å². The van der Waals surface area contributed by atoms with Gasteiger partial charge in [0.25, 0.3) is 5.69 Å². The van der Waals surface area contributed by atoms with Crippen molar-refractivity contribution in [2.45, 2.75) is 19.7 Å². The molecule has 3 aromatic rings. The van der Waals surface area contributed by atoms with E-state index in [2.05, 4.69) is 10.5 Å². The van der Waals surface area contributed by atoms with E-state index in [1.54, 1.807) is 37.3 Å². The van der Waals surface area contributed by atoms with Gasteiger partial charge in [0, 0.05) is 6.07 Å². The number of alkyl halides is 3. The summed E-state index contributed by atoms with van der Waals surface area (Å²) >= 11 is 0. The number of nitrogens with one attached hydrogen (secondary N) is 1. The number of rotatable bonds is 10. The molecule has 12 heteroatoms. The fraction of sp³-hybridized carbons (Fsp3) is 0.167. The Morgan fingerprint density at radius 1 is 1.08 bits per heavy atom. The van der Waals surface area contributed by atoms with E-state index in [0.717, 1.165) is 17.7 Å². The van der Waals surface area contributed by atoms with E-state index in [1.807, 2.05) is 0 Å². The van der Waals surface area contributed by atoms with Crippen LogP contribution in [0.25, 0.3) is 0 Å². The number of carbonyl (C=O) groups is 1. The molecule has 0 bridgehead atoms. The summed E-state index contributed by atoms with van der Waals surface area (Å²) in [5.41, 5.74) is 1.71. The molecule has 0 radical (unpaired) electrons. The number of hydrogen-bond donors (Lipinski definition) is 2. The Hall–Kier alpha value is -4.61. The molecule has 0 aliphatic rings. The minimum absolute atomic E-state index is 0.159. The van der Waals surface area contributed by atoms with Crippen LogP contribution in [0, 0.1) is 10.1 Å². The lowest BCUT2D eigenvalue weighted by atomic mass is 10.1. The second kappa shape index (κ2) is 11.2. The van der Waals surface area contributed by atoms with Crippen molar-refractivity contribution < 1.29 is 37.5 Å². The maximum Gasteiger partial charge on any atom is 0.416 e. The van der Waals surface area contributed by atoms with E-state index in [4.69, 9.17) is 14.6 Å². The number of ether oxygens (including phenoxy) is 2. The van der Waals surface area contributed by atoms with Crippen molar-refractivity contribution in [2.75, 3.05) is 12.0 Å². The van der Waals surface area contributed by atoms with Crippen LogP contribution in [-0.2, 0) is 12.8 Å². The quantitative estimate of drug-likeness (QED) is 0.206. The summed E-state index contributed by atoms with van der Waals surface area (Å²) in [6.07, 6.45) is -3.40. The lowest BCUT2D eigenvalue weighted by molar-refractivity contribution is -0.384. The number of carboxylic acid groups (broad SMARTS) is 1. The highest BCUT2D eigenvalue weighted by Crippen LogP contribution is 2.35. The number of aromatic carboxylic acids is 1. The van der Waals surface area contributed by atoms with Gasteiger partial charge in [0.05, 0.1) is 28.9 Å². The Morgan fingerprint density at radius 3 is 2.42 bits per heavy atom. The molecule has 3 rings (SSSR count). The van der Waals surface area contributed by atoms with Gasteiger partial charge in [0.2, 0.25) is 0 Å². The summed E-state index contributed by atoms with van der Waals surface area (Å²) in [7, 11) is 0. The zero-order valence-corrected chi connectivity index (χ0v) is 18.8. The van der Waals surface area contributed by atoms with Crippen LogP contribution in [0.5, 0.6) is 11.5 Å². The van der Waals surface area contributed by atoms with E-state index in [9.17, 15) is 28.1 Å². The van der Waals surface area contributed by atoms with Crippen LogP contribution >= 0.6 is 0 Å². The normalized spacial score (nSPS) is 11.3. The Morgan fingerprint density at radius 2 is 1.81 bits per heavy atom. The lowest BCUT2D eigenvalue weighted by Crippen LogP contribution is -2.06. The lowest BCUT2D eigenvalue weighted by Gasteiger charge is -2.13. The van der Waals surface area contributed by atoms with Crippen LogP contribution < -0.4 is 14.9 Å². The molecule has 0 saturated heterocycles. The van der Waals surface area contributed by atoms with E-state index in [-0.39, 0.29) is 17.9 Å². The molecule has 0 spiro atoms. The van der Waals surface area contributed by atoms with Gasteiger partial charge in [0.15, 0.2) is 11.5 Å². The monoisotopic (exact) mass is 503 g/mol. The predicted octanol–water partition coefficient (Wildman–Crippen LogP) is 5.74. The van der Waals surface area contributed by atoms with Crippen LogP contribution in [0.4, 0.5) is 24.5 Å². The van der Waals surface area contributed by atoms with Crippen LogP contribution in [0.2, 0.25) is 0 Å². The van der Waals surface area contributed by atoms with E-state index in [1.165, 1.54) is 18.3 Å². The van der Waals surface area contributed by atoms with Crippen LogP contribution in [-0.4, -0.2) is 28.8 Å². The number of hydrogen-bond acceptors (Lipinski definition) is 7. The third-order valence-corrected chi connectivity index (χ3v) is 4.78. The number of hydrazone groups is 1. The Balaban J connectivity index is 1.72. The standard InChI is InChI=1S/C24H20F3N3O6/c1-2-35-22-11-16(5-10-21(22)36-14-15-3-6-17(7-4-15)23(31)32)13-28-29-19-9-8-18(24(25,26)27)12-20(19)30(33)34/h3-13,29H,2,14H2,1H3,(H,31,32)/b28-13-. The van der Waals surface area contributed by atoms with Crippen LogP contribution in [0.15, 0.2) is 65.8 Å². The molecule has 0 saturated carbocycles. The molecule has 188 valence electrons. The van der Waals surface area contributed by atoms with Crippen LogP contribution in [0.3, 0.4) is 0 Å². The molecule has 3 aromatic carbocycles. The first-order chi connectivity index (χ1) is 17.1. The molecule has 0 aliphatic carbocycles. The number of halogens is 3. The van der Waals surface area contributed by atoms with Crippen molar-refractivity contribution in [1.29, 1.82) is 0 Å². The van der Waals surface area contributed by atoms with Gasteiger partial charge >= 0.3 is 12.1 Å². The summed E-state index contributed by atoms with van der Waals surface area (Å²) < 4.78 is 49.9. The number of nitro benzene ring substituents is 1. The molecule has 0 fully saturated rings. The van der Waals surface area contributed by atoms with E-state index in [0.29, 0.717) is 29.7 Å². The average Bonchev–Trinajstić information content (AvgIpc) is 2.83. The van der Waals surface area contributed by atoms with Crippen LogP contribution in [0.1, 0.15) is 34.0 Å². The summed E-state index contributed by atoms with van der Waals surface area (Å²) in [5.74, 6) is -0.215. The number of benzene rings is 3. The summed E-state index contributed by atoms with van der Waals surface area (Å²) in [4.78, 5) is 21.2. The predicted molar refractivity (Wildman–Crippen MR) is 125 cm³/mol. The smallest absolute Gasteiger partial charge is 0.416 e. The summed E-state index contributed by atoms with van der Waals surface area (Å²) in [6, 6.07) is 13.2. The molecule has 0 amide bonds. The van der Waals surface area contributed by atoms with Crippen molar-refractivity contribution in [1.82, 2.24) is 0 Å². The van der Waals surface area contributed by atoms with Crippen molar-refractivity contribution >= 4 is 23.6 Å². The molecule has 2 N–H and O–H groups in total. The fourth-order valence-corrected chi connectivity index (χ4v) is 3.03. The minimum Gasteiger partial charge on any atom is -0.490 e. The topological polar surface area (TPSA) is 123 Å². The third-order valence-electron chi connectivity index (χ3n) is 4.78. The largest absolute Gasteiger partial charge is 0.490 e. The zero-order chi connectivity index (χ0) is 26.3. The highest BCUT2D eigenvalue weighted by molar-refractivity contribution is 5.87. The maximum atomic E-state index is 12.8. The highest BCUT2D eigenvalue weighted by atomic mass is 19.4. The van der Waals surface area contributed by atoms with Crippen molar-refractivity contribution in [3.8, 4) is 11.5 Å². The van der Waals surface area contributed by atoms with Gasteiger partial charge in [-0.15, -0.1) is 0 Å². The number of carboxylic acids is 1. The molecular weight excluding hydrogens is 483 g/mol. The fourth-order valence-electron chi connectivity index (χ4n) is 3.03. The average molecular weight is 503 g/mol. The van der Waals surface area contributed by atoms with Gasteiger partial charge in [-0.3, -0.25) is 15.5 Å². The highest BCUT2D eigenvalue weighted by Gasteiger charge is 2.33. The summed E-state index contributed by atoms with van der Waals surface area (Å²) in [6.45, 7) is 2.27. The summed E-state index contributed by atoms with van der Waals surface area (Å²) in [5, 5.41) is 24.1. The Kier molecular flexibility index (Phi) is 8.10. The van der Waals surface area contributed by atoms with E-state index >= 15 is 0 Å².